The van der Waals surface area contributed by atoms with Crippen LogP contribution >= 0.6 is 0 Å². The number of rotatable bonds is 3. The second kappa shape index (κ2) is 4.16. The fraction of sp³-hybridized carbons (Fsp3) is 0.417. The van der Waals surface area contributed by atoms with E-state index in [1.54, 1.807) is 7.11 Å². The first kappa shape index (κ1) is 12.6. The van der Waals surface area contributed by atoms with Crippen molar-refractivity contribution in [3.05, 3.63) is 30.8 Å². The van der Waals surface area contributed by atoms with Gasteiger partial charge in [-0.1, -0.05) is 24.3 Å². The van der Waals surface area contributed by atoms with E-state index in [-0.39, 0.29) is 0 Å². The Hall–Kier alpha value is -0.516. The summed E-state index contributed by atoms with van der Waals surface area (Å²) in [6.45, 7) is 13.2. The van der Waals surface area contributed by atoms with Crippen molar-refractivity contribution in [2.45, 2.75) is 26.2 Å². The summed E-state index contributed by atoms with van der Waals surface area (Å²) in [6.07, 6.45) is 0. The van der Waals surface area contributed by atoms with Crippen molar-refractivity contribution in [3.63, 3.8) is 0 Å². The van der Waals surface area contributed by atoms with E-state index in [4.69, 9.17) is 4.43 Å². The lowest BCUT2D eigenvalue weighted by Crippen LogP contribution is -2.45. The molecule has 1 aromatic rings. The molecule has 1 aromatic carbocycles. The lowest BCUT2D eigenvalue weighted by molar-refractivity contribution is 0.416. The van der Waals surface area contributed by atoms with Crippen molar-refractivity contribution in [2.75, 3.05) is 7.11 Å². The van der Waals surface area contributed by atoms with Crippen LogP contribution in [0.25, 0.3) is 0 Å². The van der Waals surface area contributed by atoms with Gasteiger partial charge >= 0.3 is 0 Å². The van der Waals surface area contributed by atoms with Gasteiger partial charge in [0.1, 0.15) is 0 Å². The van der Waals surface area contributed by atoms with Crippen molar-refractivity contribution in [1.29, 1.82) is 0 Å². The summed E-state index contributed by atoms with van der Waals surface area (Å²) in [6, 6.07) is 8.88. The van der Waals surface area contributed by atoms with Gasteiger partial charge < -0.3 is 4.43 Å². The van der Waals surface area contributed by atoms with Crippen LogP contribution in [0.15, 0.2) is 24.3 Å². The highest BCUT2D eigenvalue weighted by Gasteiger charge is 2.29. The molecule has 0 aliphatic carbocycles. The van der Waals surface area contributed by atoms with E-state index < -0.39 is 16.4 Å². The van der Waals surface area contributed by atoms with Crippen LogP contribution in [0.1, 0.15) is 0 Å². The number of hydrogen-bond acceptors (Lipinski definition) is 1. The molecule has 0 saturated carbocycles. The lowest BCUT2D eigenvalue weighted by atomic mass is 10.4. The summed E-state index contributed by atoms with van der Waals surface area (Å²) in [5, 5.41) is 2.76. The Kier molecular flexibility index (Phi) is 3.48. The summed E-state index contributed by atoms with van der Waals surface area (Å²) in [5.74, 6) is 0. The van der Waals surface area contributed by atoms with Gasteiger partial charge in [0.2, 0.25) is 8.32 Å². The first-order valence-electron chi connectivity index (χ1n) is 5.29. The standard InChI is InChI=1S/C12H21OSi2/c1-13-15(5,6)12-9-7-11(8-10-12)14(2,3)4/h7-10H,2H2,1,3-6H3/q+1. The highest BCUT2D eigenvalue weighted by molar-refractivity contribution is 6.91. The molecule has 0 amide bonds. The molecule has 0 heterocycles. The Labute approximate surface area is 95.6 Å². The van der Waals surface area contributed by atoms with Crippen molar-refractivity contribution in [2.24, 2.45) is 0 Å². The molecule has 1 rings (SSSR count). The van der Waals surface area contributed by atoms with Gasteiger partial charge in [-0.2, -0.15) is 0 Å². The largest absolute Gasteiger partial charge is 0.416 e. The summed E-state index contributed by atoms with van der Waals surface area (Å²) >= 11 is 0. The van der Waals surface area contributed by atoms with Crippen LogP contribution in [0.2, 0.25) is 26.2 Å². The summed E-state index contributed by atoms with van der Waals surface area (Å²) in [7, 11) is -1.24. The molecule has 0 N–H and O–H groups in total. The Morgan fingerprint density at radius 3 is 1.67 bits per heavy atom. The topological polar surface area (TPSA) is 9.23 Å². The van der Waals surface area contributed by atoms with E-state index in [9.17, 15) is 0 Å². The average Bonchev–Trinajstić information content (AvgIpc) is 2.17. The molecule has 3 heteroatoms. The van der Waals surface area contributed by atoms with E-state index in [0.29, 0.717) is 0 Å². The monoisotopic (exact) mass is 237 g/mol. The fourth-order valence-electron chi connectivity index (χ4n) is 1.44. The van der Waals surface area contributed by atoms with Gasteiger partial charge in [-0.05, 0) is 36.6 Å². The molecule has 0 saturated heterocycles. The van der Waals surface area contributed by atoms with Gasteiger partial charge in [-0.15, -0.1) is 0 Å². The van der Waals surface area contributed by atoms with Crippen LogP contribution in [-0.2, 0) is 4.43 Å². The Morgan fingerprint density at radius 2 is 1.33 bits per heavy atom. The fourth-order valence-corrected chi connectivity index (χ4v) is 3.71. The molecule has 0 radical (unpaired) electrons. The normalized spacial score (nSPS) is 12.9. The van der Waals surface area contributed by atoms with Crippen LogP contribution in [-0.4, -0.2) is 23.5 Å². The van der Waals surface area contributed by atoms with Crippen LogP contribution in [0, 0.1) is 6.55 Å². The third kappa shape index (κ3) is 2.97. The van der Waals surface area contributed by atoms with Crippen LogP contribution < -0.4 is 10.4 Å². The SMILES string of the molecule is [CH2+][Si](C)(C)c1ccc([Si](C)(C)OC)cc1. The second-order valence-corrected chi connectivity index (χ2v) is 13.5. The van der Waals surface area contributed by atoms with Crippen molar-refractivity contribution >= 4 is 26.8 Å². The molecule has 0 fully saturated rings. The highest BCUT2D eigenvalue weighted by atomic mass is 28.4. The Balaban J connectivity index is 3.01. The molecule has 0 aliphatic heterocycles. The molecule has 0 aromatic heterocycles. The highest BCUT2D eigenvalue weighted by Crippen LogP contribution is 2.05. The minimum absolute atomic E-state index is 1.35. The summed E-state index contributed by atoms with van der Waals surface area (Å²) in [5.41, 5.74) is 0. The van der Waals surface area contributed by atoms with Gasteiger partial charge in [-0.3, -0.25) is 0 Å². The Morgan fingerprint density at radius 1 is 0.933 bits per heavy atom. The van der Waals surface area contributed by atoms with Crippen LogP contribution in [0.5, 0.6) is 0 Å². The summed E-state index contributed by atoms with van der Waals surface area (Å²) < 4.78 is 5.58. The quantitative estimate of drug-likeness (QED) is 0.577. The number of benzene rings is 1. The molecular weight excluding hydrogens is 216 g/mol. The van der Waals surface area contributed by atoms with E-state index in [1.165, 1.54) is 10.4 Å². The van der Waals surface area contributed by atoms with Gasteiger partial charge in [-0.25, -0.2) is 0 Å². The molecule has 1 nitrogen and oxygen atoms in total. The third-order valence-electron chi connectivity index (χ3n) is 2.87. The zero-order valence-corrected chi connectivity index (χ0v) is 12.4. The first-order valence-corrected chi connectivity index (χ1v) is 11.4. The maximum absolute atomic E-state index is 5.58. The summed E-state index contributed by atoms with van der Waals surface area (Å²) in [4.78, 5) is 0. The van der Waals surface area contributed by atoms with Crippen molar-refractivity contribution in [1.82, 2.24) is 0 Å². The average molecular weight is 237 g/mol. The predicted molar refractivity (Wildman–Crippen MR) is 73.0 cm³/mol. The van der Waals surface area contributed by atoms with Crippen LogP contribution in [0.3, 0.4) is 0 Å². The maximum Gasteiger partial charge on any atom is 0.291 e. The molecule has 15 heavy (non-hydrogen) atoms. The zero-order valence-electron chi connectivity index (χ0n) is 10.4. The smallest absolute Gasteiger partial charge is 0.291 e. The van der Waals surface area contributed by atoms with E-state index in [2.05, 4.69) is 57.0 Å². The zero-order chi connectivity index (χ0) is 11.7. The van der Waals surface area contributed by atoms with E-state index in [1.807, 2.05) is 0 Å². The van der Waals surface area contributed by atoms with Gasteiger partial charge in [0.25, 0.3) is 8.07 Å². The molecule has 0 unspecified atom stereocenters. The van der Waals surface area contributed by atoms with E-state index in [0.717, 1.165) is 0 Å². The molecule has 0 aliphatic rings. The third-order valence-corrected chi connectivity index (χ3v) is 7.51. The lowest BCUT2D eigenvalue weighted by Gasteiger charge is -2.21. The van der Waals surface area contributed by atoms with Crippen molar-refractivity contribution < 1.29 is 4.43 Å². The first-order chi connectivity index (χ1) is 6.77. The molecule has 0 spiro atoms. The second-order valence-electron chi connectivity index (χ2n) is 5.18. The minimum Gasteiger partial charge on any atom is -0.416 e. The van der Waals surface area contributed by atoms with Gasteiger partial charge in [0.05, 0.1) is 0 Å². The molecule has 0 atom stereocenters. The van der Waals surface area contributed by atoms with E-state index >= 15 is 0 Å². The van der Waals surface area contributed by atoms with Gasteiger partial charge in [0.15, 0.2) is 0 Å². The Bertz CT molecular complexity index is 322. The van der Waals surface area contributed by atoms with Gasteiger partial charge in [0, 0.05) is 13.7 Å². The van der Waals surface area contributed by atoms with Crippen molar-refractivity contribution in [3.8, 4) is 0 Å². The maximum atomic E-state index is 5.58. The molecular formula is C12H21OSi2+. The molecule has 82 valence electrons. The number of hydrogen-bond donors (Lipinski definition) is 0. The molecule has 0 bridgehead atoms. The van der Waals surface area contributed by atoms with Crippen LogP contribution in [0.4, 0.5) is 0 Å². The predicted octanol–water partition coefficient (Wildman–Crippen LogP) is 2.03. The minimum atomic E-state index is -1.64.